The Morgan fingerprint density at radius 2 is 2.14 bits per heavy atom. The fraction of sp³-hybridized carbons (Fsp3) is 0.778. The molecule has 0 aromatic carbocycles. The van der Waals surface area contributed by atoms with E-state index in [1.165, 1.54) is 0 Å². The number of nitrogens with zero attached hydrogens (tertiary/aromatic N) is 2. The maximum absolute atomic E-state index is 5.58. The van der Waals surface area contributed by atoms with Crippen LogP contribution >= 0.6 is 0 Å². The first kappa shape index (κ1) is 11.0. The minimum Gasteiger partial charge on any atom is -0.336 e. The summed E-state index contributed by atoms with van der Waals surface area (Å²) in [6.45, 7) is 8.65. The number of aromatic nitrogens is 2. The molecule has 0 aliphatic carbocycles. The Morgan fingerprint density at radius 1 is 1.50 bits per heavy atom. The van der Waals surface area contributed by atoms with Crippen LogP contribution < -0.4 is 11.1 Å². The summed E-state index contributed by atoms with van der Waals surface area (Å²) >= 11 is 0. The first-order valence-electron chi connectivity index (χ1n) is 4.73. The van der Waals surface area contributed by atoms with Gasteiger partial charge in [-0.1, -0.05) is 25.9 Å². The van der Waals surface area contributed by atoms with E-state index >= 15 is 0 Å². The van der Waals surface area contributed by atoms with Crippen molar-refractivity contribution in [3.8, 4) is 0 Å². The van der Waals surface area contributed by atoms with Crippen LogP contribution in [0.2, 0.25) is 0 Å². The van der Waals surface area contributed by atoms with Gasteiger partial charge < -0.3 is 15.6 Å². The van der Waals surface area contributed by atoms with Crippen LogP contribution in [0, 0.1) is 0 Å². The van der Waals surface area contributed by atoms with Gasteiger partial charge in [0.25, 0.3) is 0 Å². The smallest absolute Gasteiger partial charge is 0.321 e. The van der Waals surface area contributed by atoms with Crippen molar-refractivity contribution >= 4 is 6.01 Å². The maximum Gasteiger partial charge on any atom is 0.321 e. The topological polar surface area (TPSA) is 77.0 Å². The quantitative estimate of drug-likeness (QED) is 0.761. The monoisotopic (exact) mass is 198 g/mol. The van der Waals surface area contributed by atoms with Crippen LogP contribution in [0.15, 0.2) is 4.52 Å². The molecule has 1 aromatic rings. The van der Waals surface area contributed by atoms with Gasteiger partial charge in [-0.25, -0.2) is 0 Å². The van der Waals surface area contributed by atoms with Crippen molar-refractivity contribution in [2.75, 3.05) is 11.9 Å². The van der Waals surface area contributed by atoms with Crippen LogP contribution in [-0.2, 0) is 5.41 Å². The van der Waals surface area contributed by atoms with Crippen molar-refractivity contribution in [1.29, 1.82) is 0 Å². The Bertz CT molecular complexity index is 287. The van der Waals surface area contributed by atoms with E-state index in [4.69, 9.17) is 10.3 Å². The number of hydrogen-bond acceptors (Lipinski definition) is 5. The lowest BCUT2D eigenvalue weighted by Crippen LogP contribution is -2.25. The van der Waals surface area contributed by atoms with E-state index in [-0.39, 0.29) is 11.5 Å². The van der Waals surface area contributed by atoms with Crippen molar-refractivity contribution in [3.05, 3.63) is 5.82 Å². The summed E-state index contributed by atoms with van der Waals surface area (Å²) < 4.78 is 5.01. The first-order chi connectivity index (χ1) is 6.39. The molecule has 14 heavy (non-hydrogen) atoms. The molecule has 0 spiro atoms. The van der Waals surface area contributed by atoms with Crippen molar-refractivity contribution < 1.29 is 4.52 Å². The molecule has 1 heterocycles. The summed E-state index contributed by atoms with van der Waals surface area (Å²) in [7, 11) is 0. The first-order valence-corrected chi connectivity index (χ1v) is 4.73. The van der Waals surface area contributed by atoms with Gasteiger partial charge in [-0.15, -0.1) is 0 Å². The Morgan fingerprint density at radius 3 is 2.57 bits per heavy atom. The summed E-state index contributed by atoms with van der Waals surface area (Å²) in [5.41, 5.74) is 5.49. The summed E-state index contributed by atoms with van der Waals surface area (Å²) in [5, 5.41) is 6.85. The van der Waals surface area contributed by atoms with Crippen LogP contribution in [0.1, 0.15) is 33.5 Å². The Labute approximate surface area is 84.1 Å². The number of nitrogens with one attached hydrogen (secondary N) is 1. The molecule has 1 aromatic heterocycles. The normalized spacial score (nSPS) is 14.1. The lowest BCUT2D eigenvalue weighted by molar-refractivity contribution is 0.402. The largest absolute Gasteiger partial charge is 0.336 e. The maximum atomic E-state index is 5.58. The summed E-state index contributed by atoms with van der Waals surface area (Å²) in [6.07, 6.45) is 0. The van der Waals surface area contributed by atoms with Gasteiger partial charge >= 0.3 is 6.01 Å². The highest BCUT2D eigenvalue weighted by Crippen LogP contribution is 2.19. The Kier molecular flexibility index (Phi) is 3.10. The van der Waals surface area contributed by atoms with Crippen LogP contribution in [0.4, 0.5) is 6.01 Å². The number of rotatable bonds is 3. The summed E-state index contributed by atoms with van der Waals surface area (Å²) in [4.78, 5) is 4.21. The van der Waals surface area contributed by atoms with Gasteiger partial charge in [0.05, 0.1) is 0 Å². The van der Waals surface area contributed by atoms with Crippen molar-refractivity contribution in [1.82, 2.24) is 10.1 Å². The Balaban J connectivity index is 2.60. The summed E-state index contributed by atoms with van der Waals surface area (Å²) in [6, 6.07) is 0.507. The third kappa shape index (κ3) is 2.99. The molecule has 0 amide bonds. The van der Waals surface area contributed by atoms with Crippen molar-refractivity contribution in [3.63, 3.8) is 0 Å². The molecule has 0 fully saturated rings. The molecule has 0 aliphatic rings. The molecule has 0 saturated heterocycles. The second-order valence-electron chi connectivity index (χ2n) is 4.53. The van der Waals surface area contributed by atoms with E-state index in [0.717, 1.165) is 0 Å². The van der Waals surface area contributed by atoms with Gasteiger partial charge in [-0.2, -0.15) is 4.98 Å². The fourth-order valence-corrected chi connectivity index (χ4v) is 0.848. The molecule has 0 saturated carbocycles. The number of nitrogens with two attached hydrogens (primary N) is 1. The van der Waals surface area contributed by atoms with Crippen molar-refractivity contribution in [2.24, 2.45) is 5.73 Å². The van der Waals surface area contributed by atoms with E-state index in [9.17, 15) is 0 Å². The summed E-state index contributed by atoms with van der Waals surface area (Å²) in [5.74, 6) is 0.699. The lowest BCUT2D eigenvalue weighted by Gasteiger charge is -2.10. The molecular formula is C9H18N4O. The predicted octanol–water partition coefficient (Wildman–Crippen LogP) is 1.13. The molecule has 0 bridgehead atoms. The molecule has 1 rings (SSSR count). The van der Waals surface area contributed by atoms with Crippen LogP contribution in [0.3, 0.4) is 0 Å². The number of anilines is 1. The van der Waals surface area contributed by atoms with E-state index in [1.807, 2.05) is 27.7 Å². The van der Waals surface area contributed by atoms with Crippen molar-refractivity contribution in [2.45, 2.75) is 39.2 Å². The zero-order valence-corrected chi connectivity index (χ0v) is 9.16. The van der Waals surface area contributed by atoms with Gasteiger partial charge in [0, 0.05) is 18.0 Å². The second-order valence-corrected chi connectivity index (χ2v) is 4.53. The standard InChI is InChI=1S/C9H18N4O/c1-6(10)5-11-8-12-7(13-14-8)9(2,3)4/h6H,5,10H2,1-4H3,(H,11,12,13). The SMILES string of the molecule is CC(N)CNc1nc(C(C)(C)C)no1. The highest BCUT2D eigenvalue weighted by atomic mass is 16.5. The van der Waals surface area contributed by atoms with Gasteiger partial charge in [0.15, 0.2) is 5.82 Å². The third-order valence-electron chi connectivity index (χ3n) is 1.67. The Hall–Kier alpha value is -1.10. The molecule has 5 heteroatoms. The van der Waals surface area contributed by atoms with Gasteiger partial charge in [-0.05, 0) is 6.92 Å². The molecule has 0 aliphatic heterocycles. The van der Waals surface area contributed by atoms with Crippen LogP contribution in [-0.4, -0.2) is 22.7 Å². The zero-order valence-electron chi connectivity index (χ0n) is 9.16. The van der Waals surface area contributed by atoms with E-state index < -0.39 is 0 Å². The van der Waals surface area contributed by atoms with Gasteiger partial charge in [0.1, 0.15) is 0 Å². The highest BCUT2D eigenvalue weighted by molar-refractivity contribution is 5.20. The van der Waals surface area contributed by atoms with Crippen LogP contribution in [0.5, 0.6) is 0 Å². The predicted molar refractivity (Wildman–Crippen MR) is 55.1 cm³/mol. The van der Waals surface area contributed by atoms with E-state index in [1.54, 1.807) is 0 Å². The van der Waals surface area contributed by atoms with E-state index in [0.29, 0.717) is 18.4 Å². The second kappa shape index (κ2) is 3.96. The minimum atomic E-state index is -0.0856. The lowest BCUT2D eigenvalue weighted by atomic mass is 9.96. The minimum absolute atomic E-state index is 0.0694. The molecule has 0 radical (unpaired) electrons. The van der Waals surface area contributed by atoms with Crippen LogP contribution in [0.25, 0.3) is 0 Å². The molecule has 80 valence electrons. The highest BCUT2D eigenvalue weighted by Gasteiger charge is 2.20. The third-order valence-corrected chi connectivity index (χ3v) is 1.67. The molecule has 1 atom stereocenters. The van der Waals surface area contributed by atoms with E-state index in [2.05, 4.69) is 15.5 Å². The fourth-order valence-electron chi connectivity index (χ4n) is 0.848. The van der Waals surface area contributed by atoms with Gasteiger partial charge in [-0.3, -0.25) is 0 Å². The zero-order chi connectivity index (χ0) is 10.8. The average Bonchev–Trinajstić information content (AvgIpc) is 2.47. The molecule has 5 nitrogen and oxygen atoms in total. The molecular weight excluding hydrogens is 180 g/mol. The molecule has 3 N–H and O–H groups in total. The average molecular weight is 198 g/mol. The molecule has 1 unspecified atom stereocenters. The number of hydrogen-bond donors (Lipinski definition) is 2. The van der Waals surface area contributed by atoms with Gasteiger partial charge in [0.2, 0.25) is 0 Å².